The number of benzene rings is 1. The van der Waals surface area contributed by atoms with Crippen molar-refractivity contribution in [1.82, 2.24) is 5.32 Å². The molecule has 76 valence electrons. The summed E-state index contributed by atoms with van der Waals surface area (Å²) in [5.41, 5.74) is 1.62. The lowest BCUT2D eigenvalue weighted by atomic mass is 10.1. The predicted molar refractivity (Wildman–Crippen MR) is 58.1 cm³/mol. The zero-order valence-corrected chi connectivity index (χ0v) is 8.58. The van der Waals surface area contributed by atoms with Crippen LogP contribution in [0.5, 0.6) is 0 Å². The van der Waals surface area contributed by atoms with Gasteiger partial charge in [-0.2, -0.15) is 5.26 Å². The van der Waals surface area contributed by atoms with E-state index in [4.69, 9.17) is 5.26 Å². The van der Waals surface area contributed by atoms with Crippen LogP contribution in [0.1, 0.15) is 29.3 Å². The molecule has 3 heteroatoms. The Morgan fingerprint density at radius 1 is 1.60 bits per heavy atom. The highest BCUT2D eigenvalue weighted by atomic mass is 16.1. The van der Waals surface area contributed by atoms with E-state index in [1.54, 1.807) is 24.3 Å². The number of rotatable bonds is 3. The molecule has 0 saturated carbocycles. The van der Waals surface area contributed by atoms with Crippen molar-refractivity contribution in [2.45, 2.75) is 13.3 Å². The Hall–Kier alpha value is -2.08. The van der Waals surface area contributed by atoms with Gasteiger partial charge in [-0.15, -0.1) is 0 Å². The first-order chi connectivity index (χ1) is 7.17. The van der Waals surface area contributed by atoms with Gasteiger partial charge in [0.2, 0.25) is 0 Å². The average Bonchev–Trinajstić information content (AvgIpc) is 2.28. The van der Waals surface area contributed by atoms with Crippen LogP contribution < -0.4 is 5.32 Å². The highest BCUT2D eigenvalue weighted by Gasteiger charge is 2.05. The fourth-order valence-electron chi connectivity index (χ4n) is 1.05. The zero-order chi connectivity index (χ0) is 11.3. The van der Waals surface area contributed by atoms with Crippen molar-refractivity contribution >= 4 is 5.91 Å². The number of hydrogen-bond donors (Lipinski definition) is 1. The Kier molecular flexibility index (Phi) is 3.64. The Balaban J connectivity index is 2.83. The normalized spacial score (nSPS) is 9.07. The standard InChI is InChI=1S/C12H12N2O/c1-3-9(2)14-12(15)11-6-4-5-10(7-11)8-13/h4-7H,2-3H2,1H3,(H,14,15). The van der Waals surface area contributed by atoms with E-state index >= 15 is 0 Å². The van der Waals surface area contributed by atoms with Gasteiger partial charge in [0.05, 0.1) is 11.6 Å². The number of allylic oxidation sites excluding steroid dienone is 1. The van der Waals surface area contributed by atoms with Gasteiger partial charge in [-0.1, -0.05) is 19.6 Å². The Bertz CT molecular complexity index is 429. The number of nitrogens with one attached hydrogen (secondary N) is 1. The van der Waals surface area contributed by atoms with Crippen LogP contribution in [0.2, 0.25) is 0 Å². The third-order valence-electron chi connectivity index (χ3n) is 1.97. The Labute approximate surface area is 89.0 Å². The van der Waals surface area contributed by atoms with Crippen molar-refractivity contribution in [1.29, 1.82) is 5.26 Å². The molecular formula is C12H12N2O. The van der Waals surface area contributed by atoms with Crippen LogP contribution in [0.3, 0.4) is 0 Å². The minimum atomic E-state index is -0.223. The van der Waals surface area contributed by atoms with E-state index in [9.17, 15) is 4.79 Å². The maximum atomic E-state index is 11.6. The van der Waals surface area contributed by atoms with Crippen molar-refractivity contribution in [3.05, 3.63) is 47.7 Å². The van der Waals surface area contributed by atoms with Crippen LogP contribution in [0.4, 0.5) is 0 Å². The van der Waals surface area contributed by atoms with Gasteiger partial charge in [0.1, 0.15) is 0 Å². The molecule has 1 aromatic carbocycles. The molecule has 1 N–H and O–H groups in total. The topological polar surface area (TPSA) is 52.9 Å². The SMILES string of the molecule is C=C(CC)NC(=O)c1cccc(C#N)c1. The van der Waals surface area contributed by atoms with Crippen LogP contribution in [0.25, 0.3) is 0 Å². The minimum absolute atomic E-state index is 0.223. The monoisotopic (exact) mass is 200 g/mol. The maximum absolute atomic E-state index is 11.6. The Morgan fingerprint density at radius 3 is 2.93 bits per heavy atom. The van der Waals surface area contributed by atoms with Crippen LogP contribution in [-0.2, 0) is 0 Å². The molecule has 0 atom stereocenters. The van der Waals surface area contributed by atoms with Gasteiger partial charge in [-0.05, 0) is 24.6 Å². The molecule has 1 aromatic rings. The van der Waals surface area contributed by atoms with Gasteiger partial charge in [0, 0.05) is 11.3 Å². The van der Waals surface area contributed by atoms with Crippen LogP contribution in [-0.4, -0.2) is 5.91 Å². The molecule has 0 aliphatic rings. The van der Waals surface area contributed by atoms with Crippen molar-refractivity contribution in [3.8, 4) is 6.07 Å². The van der Waals surface area contributed by atoms with Crippen molar-refractivity contribution < 1.29 is 4.79 Å². The smallest absolute Gasteiger partial charge is 0.255 e. The molecule has 0 aromatic heterocycles. The number of carbonyl (C=O) groups is 1. The molecule has 3 nitrogen and oxygen atoms in total. The number of carbonyl (C=O) groups excluding carboxylic acids is 1. The number of amides is 1. The van der Waals surface area contributed by atoms with Crippen LogP contribution in [0.15, 0.2) is 36.5 Å². The second kappa shape index (κ2) is 4.97. The zero-order valence-electron chi connectivity index (χ0n) is 8.58. The van der Waals surface area contributed by atoms with Crippen molar-refractivity contribution in [2.75, 3.05) is 0 Å². The van der Waals surface area contributed by atoms with Gasteiger partial charge < -0.3 is 5.32 Å². The molecule has 0 radical (unpaired) electrons. The summed E-state index contributed by atoms with van der Waals surface area (Å²) in [7, 11) is 0. The summed E-state index contributed by atoms with van der Waals surface area (Å²) in [6.45, 7) is 5.60. The summed E-state index contributed by atoms with van der Waals surface area (Å²) in [6, 6.07) is 8.55. The van der Waals surface area contributed by atoms with E-state index in [1.165, 1.54) is 0 Å². The fourth-order valence-corrected chi connectivity index (χ4v) is 1.05. The second-order valence-corrected chi connectivity index (χ2v) is 3.10. The first-order valence-corrected chi connectivity index (χ1v) is 4.66. The maximum Gasteiger partial charge on any atom is 0.255 e. The Morgan fingerprint density at radius 2 is 2.33 bits per heavy atom. The second-order valence-electron chi connectivity index (χ2n) is 3.10. The van der Waals surface area contributed by atoms with Gasteiger partial charge in [-0.25, -0.2) is 0 Å². The molecule has 0 spiro atoms. The lowest BCUT2D eigenvalue weighted by Gasteiger charge is -2.05. The molecule has 0 heterocycles. The molecule has 0 aliphatic carbocycles. The summed E-state index contributed by atoms with van der Waals surface area (Å²) >= 11 is 0. The van der Waals surface area contributed by atoms with E-state index in [0.29, 0.717) is 23.2 Å². The third-order valence-corrected chi connectivity index (χ3v) is 1.97. The molecule has 0 aliphatic heterocycles. The molecule has 0 saturated heterocycles. The third kappa shape index (κ3) is 2.96. The van der Waals surface area contributed by atoms with Crippen molar-refractivity contribution in [2.24, 2.45) is 0 Å². The van der Waals surface area contributed by atoms with E-state index in [-0.39, 0.29) is 5.91 Å². The van der Waals surface area contributed by atoms with Gasteiger partial charge >= 0.3 is 0 Å². The van der Waals surface area contributed by atoms with E-state index in [1.807, 2.05) is 13.0 Å². The number of nitriles is 1. The molecule has 0 unspecified atom stereocenters. The highest BCUT2D eigenvalue weighted by Crippen LogP contribution is 2.05. The molecular weight excluding hydrogens is 188 g/mol. The number of nitrogens with zero attached hydrogens (tertiary/aromatic N) is 1. The van der Waals surface area contributed by atoms with Crippen molar-refractivity contribution in [3.63, 3.8) is 0 Å². The first kappa shape index (κ1) is 11.0. The van der Waals surface area contributed by atoms with Gasteiger partial charge in [-0.3, -0.25) is 4.79 Å². The van der Waals surface area contributed by atoms with E-state index in [0.717, 1.165) is 0 Å². The quantitative estimate of drug-likeness (QED) is 0.813. The van der Waals surface area contributed by atoms with Gasteiger partial charge in [0.25, 0.3) is 5.91 Å². The van der Waals surface area contributed by atoms with Gasteiger partial charge in [0.15, 0.2) is 0 Å². The molecule has 15 heavy (non-hydrogen) atoms. The summed E-state index contributed by atoms with van der Waals surface area (Å²) in [4.78, 5) is 11.6. The predicted octanol–water partition coefficient (Wildman–Crippen LogP) is 2.21. The largest absolute Gasteiger partial charge is 0.326 e. The molecule has 1 rings (SSSR count). The van der Waals surface area contributed by atoms with E-state index in [2.05, 4.69) is 11.9 Å². The summed E-state index contributed by atoms with van der Waals surface area (Å²) in [5.74, 6) is -0.223. The average molecular weight is 200 g/mol. The highest BCUT2D eigenvalue weighted by molar-refractivity contribution is 5.95. The lowest BCUT2D eigenvalue weighted by molar-refractivity contribution is 0.0965. The molecule has 0 bridgehead atoms. The summed E-state index contributed by atoms with van der Waals surface area (Å²) < 4.78 is 0. The fraction of sp³-hybridized carbons (Fsp3) is 0.167. The molecule has 0 fully saturated rings. The van der Waals surface area contributed by atoms with E-state index < -0.39 is 0 Å². The van der Waals surface area contributed by atoms with Crippen LogP contribution >= 0.6 is 0 Å². The summed E-state index contributed by atoms with van der Waals surface area (Å²) in [6.07, 6.45) is 0.698. The molecule has 1 amide bonds. The number of hydrogen-bond acceptors (Lipinski definition) is 2. The first-order valence-electron chi connectivity index (χ1n) is 4.66. The lowest BCUT2D eigenvalue weighted by Crippen LogP contribution is -2.21. The summed E-state index contributed by atoms with van der Waals surface area (Å²) in [5, 5.41) is 11.3. The van der Waals surface area contributed by atoms with Crippen LogP contribution in [0, 0.1) is 11.3 Å². The minimum Gasteiger partial charge on any atom is -0.326 e.